The highest BCUT2D eigenvalue weighted by Crippen LogP contribution is 2.38. The third-order valence-corrected chi connectivity index (χ3v) is 5.55. The van der Waals surface area contributed by atoms with Gasteiger partial charge in [-0.1, -0.05) is 24.3 Å². The van der Waals surface area contributed by atoms with E-state index in [1.807, 2.05) is 0 Å². The lowest BCUT2D eigenvalue weighted by Gasteiger charge is -2.32. The van der Waals surface area contributed by atoms with E-state index in [1.165, 1.54) is 5.56 Å². The number of rotatable bonds is 0. The molecule has 3 heterocycles. The summed E-state index contributed by atoms with van der Waals surface area (Å²) < 4.78 is 14.8. The van der Waals surface area contributed by atoms with Crippen molar-refractivity contribution in [3.63, 3.8) is 0 Å². The van der Waals surface area contributed by atoms with Gasteiger partial charge in [0.25, 0.3) is 6.01 Å². The van der Waals surface area contributed by atoms with Crippen molar-refractivity contribution in [2.75, 3.05) is 0 Å². The fraction of sp³-hybridized carbons (Fsp3) is 0.136. The quantitative estimate of drug-likeness (QED) is 0.390. The molecule has 6 rings (SSSR count). The summed E-state index contributed by atoms with van der Waals surface area (Å²) in [6.45, 7) is 6.24. The average molecular weight is 352 g/mol. The lowest BCUT2D eigenvalue weighted by molar-refractivity contribution is 0.428. The summed E-state index contributed by atoms with van der Waals surface area (Å²) in [6.07, 6.45) is 0. The molecule has 3 aromatic carbocycles. The number of ether oxygens (including phenoxy) is 2. The third kappa shape index (κ3) is 1.91. The maximum absolute atomic E-state index is 6.30. The molecule has 5 heteroatoms. The lowest BCUT2D eigenvalue weighted by Crippen LogP contribution is -2.54. The molecule has 0 saturated heterocycles. The van der Waals surface area contributed by atoms with Crippen molar-refractivity contribution in [1.82, 2.24) is 9.46 Å². The third-order valence-electron chi connectivity index (χ3n) is 5.55. The second kappa shape index (κ2) is 4.94. The Morgan fingerprint density at radius 1 is 0.852 bits per heavy atom. The Morgan fingerprint density at radius 3 is 2.48 bits per heavy atom. The molecule has 0 bridgehead atoms. The van der Waals surface area contributed by atoms with Crippen molar-refractivity contribution >= 4 is 28.8 Å². The SMILES string of the molecule is Cc1ccc2c(c1)Oc1cc(C)cc3c1B2n1c(nc2c(C)cccc21)O3. The van der Waals surface area contributed by atoms with Gasteiger partial charge in [-0.05, 0) is 67.2 Å². The molecule has 0 saturated carbocycles. The molecule has 0 atom stereocenters. The molecule has 130 valence electrons. The first-order chi connectivity index (χ1) is 13.1. The van der Waals surface area contributed by atoms with E-state index in [2.05, 4.69) is 73.8 Å². The van der Waals surface area contributed by atoms with Crippen molar-refractivity contribution < 1.29 is 9.47 Å². The minimum absolute atomic E-state index is 0.00417. The van der Waals surface area contributed by atoms with Gasteiger partial charge in [-0.25, -0.2) is 0 Å². The second-order valence-electron chi connectivity index (χ2n) is 7.53. The van der Waals surface area contributed by atoms with Crippen LogP contribution in [0, 0.1) is 20.8 Å². The highest BCUT2D eigenvalue weighted by Gasteiger charge is 2.42. The number of fused-ring (bicyclic) bond motifs is 6. The molecule has 1 aromatic heterocycles. The van der Waals surface area contributed by atoms with E-state index in [0.717, 1.165) is 50.3 Å². The summed E-state index contributed by atoms with van der Waals surface area (Å²) in [5.74, 6) is 2.61. The van der Waals surface area contributed by atoms with Gasteiger partial charge in [0.15, 0.2) is 0 Å². The van der Waals surface area contributed by atoms with Gasteiger partial charge in [0.1, 0.15) is 17.2 Å². The predicted molar refractivity (Wildman–Crippen MR) is 107 cm³/mol. The van der Waals surface area contributed by atoms with Crippen LogP contribution in [0.25, 0.3) is 11.0 Å². The molecular weight excluding hydrogens is 335 g/mol. The van der Waals surface area contributed by atoms with Crippen LogP contribution in [-0.2, 0) is 0 Å². The molecule has 27 heavy (non-hydrogen) atoms. The molecule has 0 spiro atoms. The largest absolute Gasteiger partial charge is 0.458 e. The van der Waals surface area contributed by atoms with Gasteiger partial charge in [-0.3, -0.25) is 0 Å². The number of aryl methyl sites for hydroxylation is 3. The molecule has 0 amide bonds. The van der Waals surface area contributed by atoms with Crippen molar-refractivity contribution in [3.05, 3.63) is 65.2 Å². The molecule has 4 nitrogen and oxygen atoms in total. The van der Waals surface area contributed by atoms with Gasteiger partial charge in [0.2, 0.25) is 0 Å². The van der Waals surface area contributed by atoms with Crippen LogP contribution >= 0.6 is 0 Å². The molecule has 0 unspecified atom stereocenters. The zero-order valence-corrected chi connectivity index (χ0v) is 15.4. The molecule has 4 aromatic rings. The van der Waals surface area contributed by atoms with Gasteiger partial charge in [0, 0.05) is 5.46 Å². The van der Waals surface area contributed by atoms with E-state index in [0.29, 0.717) is 6.01 Å². The molecular formula is C22H17BN2O2. The normalized spacial score (nSPS) is 13.5. The van der Waals surface area contributed by atoms with E-state index in [-0.39, 0.29) is 6.85 Å². The van der Waals surface area contributed by atoms with Crippen LogP contribution in [0.15, 0.2) is 48.5 Å². The molecule has 2 aliphatic heterocycles. The monoisotopic (exact) mass is 352 g/mol. The first-order valence-corrected chi connectivity index (χ1v) is 9.18. The minimum Gasteiger partial charge on any atom is -0.458 e. The van der Waals surface area contributed by atoms with Crippen LogP contribution in [0.3, 0.4) is 0 Å². The Labute approximate surface area is 157 Å². The van der Waals surface area contributed by atoms with E-state index in [4.69, 9.17) is 14.5 Å². The average Bonchev–Trinajstić information content (AvgIpc) is 3.00. The van der Waals surface area contributed by atoms with E-state index >= 15 is 0 Å². The smallest absolute Gasteiger partial charge is 0.344 e. The Balaban J connectivity index is 1.74. The summed E-state index contributed by atoms with van der Waals surface area (Å²) in [6, 6.07) is 17.5. The maximum Gasteiger partial charge on any atom is 0.344 e. The Morgan fingerprint density at radius 2 is 1.63 bits per heavy atom. The first kappa shape index (κ1) is 14.9. The number of aromatic nitrogens is 2. The standard InChI is InChI=1S/C22H17BN2O2/c1-12-7-8-15-17(9-12)26-18-10-13(2)11-19-20(18)23(15)25-16-6-4-5-14(3)21(16)24-22(25)27-19/h4-11H,1-3H3. The van der Waals surface area contributed by atoms with Crippen LogP contribution in [0.5, 0.6) is 23.3 Å². The number of para-hydroxylation sites is 1. The molecule has 0 radical (unpaired) electrons. The fourth-order valence-corrected chi connectivity index (χ4v) is 4.32. The lowest BCUT2D eigenvalue weighted by atomic mass is 9.48. The number of imidazole rings is 1. The van der Waals surface area contributed by atoms with Crippen LogP contribution in [0.2, 0.25) is 0 Å². The van der Waals surface area contributed by atoms with Crippen molar-refractivity contribution in [2.24, 2.45) is 0 Å². The first-order valence-electron chi connectivity index (χ1n) is 9.18. The zero-order valence-electron chi connectivity index (χ0n) is 15.4. The van der Waals surface area contributed by atoms with E-state index in [9.17, 15) is 0 Å². The molecule has 0 N–H and O–H groups in total. The Hall–Kier alpha value is -3.21. The van der Waals surface area contributed by atoms with E-state index in [1.54, 1.807) is 0 Å². The van der Waals surface area contributed by atoms with Gasteiger partial charge in [0.05, 0.1) is 11.0 Å². The summed E-state index contributed by atoms with van der Waals surface area (Å²) in [7, 11) is 0. The number of hydrogen-bond acceptors (Lipinski definition) is 3. The van der Waals surface area contributed by atoms with Crippen molar-refractivity contribution in [3.8, 4) is 23.3 Å². The fourth-order valence-electron chi connectivity index (χ4n) is 4.32. The van der Waals surface area contributed by atoms with Crippen molar-refractivity contribution in [2.45, 2.75) is 20.8 Å². The predicted octanol–water partition coefficient (Wildman–Crippen LogP) is 3.83. The highest BCUT2D eigenvalue weighted by atomic mass is 16.5. The van der Waals surface area contributed by atoms with Gasteiger partial charge in [-0.15, -0.1) is 0 Å². The van der Waals surface area contributed by atoms with Gasteiger partial charge >= 0.3 is 6.85 Å². The topological polar surface area (TPSA) is 36.3 Å². The molecule has 2 aliphatic rings. The Bertz CT molecular complexity index is 1280. The Kier molecular flexibility index (Phi) is 2.73. The molecule has 0 aliphatic carbocycles. The molecule has 0 fully saturated rings. The number of nitrogens with zero attached hydrogens (tertiary/aromatic N) is 2. The maximum atomic E-state index is 6.30. The zero-order chi connectivity index (χ0) is 18.3. The second-order valence-corrected chi connectivity index (χ2v) is 7.53. The number of hydrogen-bond donors (Lipinski definition) is 0. The van der Waals surface area contributed by atoms with Crippen LogP contribution in [-0.4, -0.2) is 16.3 Å². The highest BCUT2D eigenvalue weighted by molar-refractivity contribution is 6.87. The van der Waals surface area contributed by atoms with Crippen LogP contribution in [0.4, 0.5) is 0 Å². The van der Waals surface area contributed by atoms with Gasteiger partial charge < -0.3 is 14.0 Å². The summed E-state index contributed by atoms with van der Waals surface area (Å²) >= 11 is 0. The number of benzene rings is 3. The summed E-state index contributed by atoms with van der Waals surface area (Å²) in [4.78, 5) is 4.82. The van der Waals surface area contributed by atoms with Crippen LogP contribution < -0.4 is 20.4 Å². The van der Waals surface area contributed by atoms with Crippen LogP contribution in [0.1, 0.15) is 16.7 Å². The summed E-state index contributed by atoms with van der Waals surface area (Å²) in [5.41, 5.74) is 7.73. The summed E-state index contributed by atoms with van der Waals surface area (Å²) in [5, 5.41) is 0. The van der Waals surface area contributed by atoms with Gasteiger partial charge in [-0.2, -0.15) is 4.98 Å². The minimum atomic E-state index is -0.00417. The van der Waals surface area contributed by atoms with E-state index < -0.39 is 0 Å². The van der Waals surface area contributed by atoms with Crippen molar-refractivity contribution in [1.29, 1.82) is 0 Å².